The largest absolute Gasteiger partial charge is 0.493 e. The van der Waals surface area contributed by atoms with Gasteiger partial charge in [-0.3, -0.25) is 4.79 Å². The second-order valence-corrected chi connectivity index (χ2v) is 4.54. The lowest BCUT2D eigenvalue weighted by Crippen LogP contribution is -2.27. The van der Waals surface area contributed by atoms with Crippen molar-refractivity contribution in [3.63, 3.8) is 0 Å². The molecule has 0 aliphatic carbocycles. The van der Waals surface area contributed by atoms with E-state index in [4.69, 9.17) is 14.3 Å². The molecule has 0 saturated heterocycles. The van der Waals surface area contributed by atoms with Gasteiger partial charge in [0.05, 0.1) is 31.5 Å². The third kappa shape index (κ3) is 5.27. The molecule has 0 spiro atoms. The van der Waals surface area contributed by atoms with Crippen LogP contribution in [0.1, 0.15) is 37.6 Å². The Kier molecular flexibility index (Phi) is 7.81. The van der Waals surface area contributed by atoms with Gasteiger partial charge in [-0.1, -0.05) is 18.1 Å². The van der Waals surface area contributed by atoms with Crippen molar-refractivity contribution in [2.24, 2.45) is 5.16 Å². The van der Waals surface area contributed by atoms with E-state index in [2.05, 4.69) is 10.5 Å². The first-order chi connectivity index (χ1) is 10.6. The number of rotatable bonds is 9. The number of nitrogens with one attached hydrogen (secondary N) is 1. The molecule has 1 aromatic carbocycles. The van der Waals surface area contributed by atoms with E-state index >= 15 is 0 Å². The smallest absolute Gasteiger partial charge is 0.255 e. The van der Waals surface area contributed by atoms with Gasteiger partial charge in [0.2, 0.25) is 0 Å². The first kappa shape index (κ1) is 17.8. The van der Waals surface area contributed by atoms with Crippen molar-refractivity contribution in [2.45, 2.75) is 27.2 Å². The third-order valence-electron chi connectivity index (χ3n) is 2.94. The van der Waals surface area contributed by atoms with Crippen molar-refractivity contribution in [3.8, 4) is 11.5 Å². The SMILES string of the molecule is CCOc1c(OC)cccc1C(=O)NCCO/N=C(\C)CC. The zero-order chi connectivity index (χ0) is 16.4. The lowest BCUT2D eigenvalue weighted by molar-refractivity contribution is 0.0916. The standard InChI is InChI=1S/C16H24N2O4/c1-5-12(3)18-22-11-10-17-16(19)13-8-7-9-14(20-4)15(13)21-6-2/h7-9H,5-6,10-11H2,1-4H3,(H,17,19)/b18-12+. The van der Waals surface area contributed by atoms with Crippen LogP contribution in [0.4, 0.5) is 0 Å². The van der Waals surface area contributed by atoms with Gasteiger partial charge in [-0.05, 0) is 32.4 Å². The minimum absolute atomic E-state index is 0.234. The molecule has 0 bridgehead atoms. The van der Waals surface area contributed by atoms with Crippen LogP contribution in [0, 0.1) is 0 Å². The molecule has 0 fully saturated rings. The Labute approximate surface area is 131 Å². The van der Waals surface area contributed by atoms with E-state index in [0.717, 1.165) is 12.1 Å². The van der Waals surface area contributed by atoms with Crippen molar-refractivity contribution in [1.82, 2.24) is 5.32 Å². The highest BCUT2D eigenvalue weighted by molar-refractivity contribution is 5.97. The first-order valence-electron chi connectivity index (χ1n) is 7.37. The van der Waals surface area contributed by atoms with Crippen LogP contribution in [0.15, 0.2) is 23.4 Å². The van der Waals surface area contributed by atoms with Crippen LogP contribution in [0.2, 0.25) is 0 Å². The number of benzene rings is 1. The van der Waals surface area contributed by atoms with Crippen molar-refractivity contribution >= 4 is 11.6 Å². The topological polar surface area (TPSA) is 69.2 Å². The first-order valence-corrected chi connectivity index (χ1v) is 7.37. The summed E-state index contributed by atoms with van der Waals surface area (Å²) in [6.07, 6.45) is 0.841. The number of hydrogen-bond donors (Lipinski definition) is 1. The Hall–Kier alpha value is -2.24. The Morgan fingerprint density at radius 3 is 2.73 bits per heavy atom. The molecule has 0 unspecified atom stereocenters. The van der Waals surface area contributed by atoms with Crippen LogP contribution in [0.5, 0.6) is 11.5 Å². The maximum atomic E-state index is 12.2. The summed E-state index contributed by atoms with van der Waals surface area (Å²) in [5, 5.41) is 6.68. The molecular weight excluding hydrogens is 284 g/mol. The molecular formula is C16H24N2O4. The molecule has 0 radical (unpaired) electrons. The minimum Gasteiger partial charge on any atom is -0.493 e. The molecule has 1 N–H and O–H groups in total. The van der Waals surface area contributed by atoms with Gasteiger partial charge < -0.3 is 19.6 Å². The number of para-hydroxylation sites is 1. The summed E-state index contributed by atoms with van der Waals surface area (Å²) in [6, 6.07) is 5.21. The number of carbonyl (C=O) groups excluding carboxylic acids is 1. The minimum atomic E-state index is -0.234. The van der Waals surface area contributed by atoms with Crippen molar-refractivity contribution in [2.75, 3.05) is 26.9 Å². The fraction of sp³-hybridized carbons (Fsp3) is 0.500. The number of oxime groups is 1. The van der Waals surface area contributed by atoms with Gasteiger partial charge in [-0.25, -0.2) is 0 Å². The molecule has 0 aromatic heterocycles. The monoisotopic (exact) mass is 308 g/mol. The third-order valence-corrected chi connectivity index (χ3v) is 2.94. The van der Waals surface area contributed by atoms with Crippen molar-refractivity contribution in [1.29, 1.82) is 0 Å². The molecule has 6 nitrogen and oxygen atoms in total. The molecule has 1 aromatic rings. The average Bonchev–Trinajstić information content (AvgIpc) is 2.54. The predicted molar refractivity (Wildman–Crippen MR) is 85.8 cm³/mol. The van der Waals surface area contributed by atoms with Crippen molar-refractivity contribution < 1.29 is 19.1 Å². The Morgan fingerprint density at radius 2 is 2.09 bits per heavy atom. The predicted octanol–water partition coefficient (Wildman–Crippen LogP) is 2.63. The van der Waals surface area contributed by atoms with Gasteiger partial charge in [-0.2, -0.15) is 0 Å². The van der Waals surface area contributed by atoms with Gasteiger partial charge in [0, 0.05) is 0 Å². The summed E-state index contributed by atoms with van der Waals surface area (Å²) in [5.41, 5.74) is 1.35. The zero-order valence-electron chi connectivity index (χ0n) is 13.6. The van der Waals surface area contributed by atoms with Crippen LogP contribution < -0.4 is 14.8 Å². The second-order valence-electron chi connectivity index (χ2n) is 4.54. The molecule has 0 atom stereocenters. The van der Waals surface area contributed by atoms with Gasteiger partial charge >= 0.3 is 0 Å². The molecule has 22 heavy (non-hydrogen) atoms. The van der Waals surface area contributed by atoms with Crippen LogP contribution in [-0.2, 0) is 4.84 Å². The maximum Gasteiger partial charge on any atom is 0.255 e. The van der Waals surface area contributed by atoms with Gasteiger partial charge in [0.25, 0.3) is 5.91 Å². The number of ether oxygens (including phenoxy) is 2. The normalized spacial score (nSPS) is 11.0. The molecule has 122 valence electrons. The number of amides is 1. The van der Waals surface area contributed by atoms with Crippen LogP contribution in [0.25, 0.3) is 0 Å². The summed E-state index contributed by atoms with van der Waals surface area (Å²) >= 11 is 0. The number of methoxy groups -OCH3 is 1. The van der Waals surface area contributed by atoms with E-state index in [1.165, 1.54) is 0 Å². The Bertz CT molecular complexity index is 515. The number of hydrogen-bond acceptors (Lipinski definition) is 5. The Balaban J connectivity index is 2.62. The highest BCUT2D eigenvalue weighted by atomic mass is 16.6. The fourth-order valence-corrected chi connectivity index (χ4v) is 1.67. The van der Waals surface area contributed by atoms with E-state index in [-0.39, 0.29) is 5.91 Å². The molecule has 1 amide bonds. The lowest BCUT2D eigenvalue weighted by atomic mass is 10.1. The zero-order valence-corrected chi connectivity index (χ0v) is 13.6. The summed E-state index contributed by atoms with van der Waals surface area (Å²) < 4.78 is 10.7. The summed E-state index contributed by atoms with van der Waals surface area (Å²) in [7, 11) is 1.54. The second kappa shape index (κ2) is 9.65. The van der Waals surface area contributed by atoms with Gasteiger partial charge in [0.1, 0.15) is 6.61 Å². The molecule has 1 rings (SSSR count). The van der Waals surface area contributed by atoms with Crippen molar-refractivity contribution in [3.05, 3.63) is 23.8 Å². The quantitative estimate of drug-likeness (QED) is 0.432. The van der Waals surface area contributed by atoms with Crippen LogP contribution >= 0.6 is 0 Å². The highest BCUT2D eigenvalue weighted by Gasteiger charge is 2.16. The summed E-state index contributed by atoms with van der Waals surface area (Å²) in [5.74, 6) is 0.752. The lowest BCUT2D eigenvalue weighted by Gasteiger charge is -2.13. The number of nitrogens with zero attached hydrogens (tertiary/aromatic N) is 1. The molecule has 6 heteroatoms. The summed E-state index contributed by atoms with van der Waals surface area (Å²) in [4.78, 5) is 17.3. The molecule has 0 aliphatic rings. The fourth-order valence-electron chi connectivity index (χ4n) is 1.67. The van der Waals surface area contributed by atoms with Gasteiger partial charge in [-0.15, -0.1) is 0 Å². The van der Waals surface area contributed by atoms with E-state index in [1.807, 2.05) is 20.8 Å². The van der Waals surface area contributed by atoms with E-state index in [1.54, 1.807) is 25.3 Å². The van der Waals surface area contributed by atoms with E-state index in [0.29, 0.717) is 36.8 Å². The van der Waals surface area contributed by atoms with Crippen LogP contribution in [-0.4, -0.2) is 38.5 Å². The molecule has 0 aliphatic heterocycles. The molecule has 0 heterocycles. The number of carbonyl (C=O) groups is 1. The average molecular weight is 308 g/mol. The maximum absolute atomic E-state index is 12.2. The van der Waals surface area contributed by atoms with Gasteiger partial charge in [0.15, 0.2) is 11.5 Å². The summed E-state index contributed by atoms with van der Waals surface area (Å²) in [6.45, 7) is 6.88. The molecule has 0 saturated carbocycles. The highest BCUT2D eigenvalue weighted by Crippen LogP contribution is 2.30. The van der Waals surface area contributed by atoms with E-state index < -0.39 is 0 Å². The Morgan fingerprint density at radius 1 is 1.32 bits per heavy atom. The van der Waals surface area contributed by atoms with E-state index in [9.17, 15) is 4.79 Å². The van der Waals surface area contributed by atoms with Crippen LogP contribution in [0.3, 0.4) is 0 Å².